The Morgan fingerprint density at radius 1 is 1.17 bits per heavy atom. The molecule has 30 heavy (non-hydrogen) atoms. The quantitative estimate of drug-likeness (QED) is 0.538. The van der Waals surface area contributed by atoms with Crippen LogP contribution < -0.4 is 5.73 Å². The Bertz CT molecular complexity index is 1020. The van der Waals surface area contributed by atoms with Gasteiger partial charge in [0.15, 0.2) is 10.6 Å². The molecular formula is C22H27N5OS2. The second kappa shape index (κ2) is 9.68. The minimum atomic E-state index is -0.414. The van der Waals surface area contributed by atoms with Crippen molar-refractivity contribution >= 4 is 29.5 Å². The number of likely N-dealkylation sites (tertiary alicyclic amines) is 1. The van der Waals surface area contributed by atoms with E-state index in [2.05, 4.69) is 35.2 Å². The average Bonchev–Trinajstić information content (AvgIpc) is 3.38. The molecule has 158 valence electrons. The third-order valence-electron chi connectivity index (χ3n) is 5.70. The van der Waals surface area contributed by atoms with Crippen molar-refractivity contribution in [1.29, 1.82) is 0 Å². The number of carbonyl (C=O) groups excluding carboxylic acids is 1. The Hall–Kier alpha value is -2.29. The highest BCUT2D eigenvalue weighted by Gasteiger charge is 2.21. The summed E-state index contributed by atoms with van der Waals surface area (Å²) in [6.07, 6.45) is 4.78. The molecule has 2 N–H and O–H groups in total. The van der Waals surface area contributed by atoms with Gasteiger partial charge in [0.1, 0.15) is 6.54 Å². The van der Waals surface area contributed by atoms with Crippen molar-refractivity contribution in [2.75, 3.05) is 13.1 Å². The van der Waals surface area contributed by atoms with Crippen LogP contribution in [0.15, 0.2) is 47.8 Å². The van der Waals surface area contributed by atoms with Crippen molar-refractivity contribution in [2.45, 2.75) is 38.9 Å². The van der Waals surface area contributed by atoms with E-state index in [1.54, 1.807) is 15.9 Å². The third kappa shape index (κ3) is 5.06. The molecule has 0 unspecified atom stereocenters. The largest absolute Gasteiger partial charge is 0.368 e. The summed E-state index contributed by atoms with van der Waals surface area (Å²) in [6, 6.07) is 14.7. The SMILES string of the molecule is NC(=O)Cn1c(-c2cccs2)nn(CN2CCC(CCc3ccccc3)CC2)c1=S. The Balaban J connectivity index is 1.38. The number of hydrogen-bond acceptors (Lipinski definition) is 5. The molecule has 1 fully saturated rings. The molecule has 1 aromatic carbocycles. The summed E-state index contributed by atoms with van der Waals surface area (Å²) in [7, 11) is 0. The van der Waals surface area contributed by atoms with E-state index in [9.17, 15) is 4.79 Å². The first kappa shape index (κ1) is 21.0. The third-order valence-corrected chi connectivity index (χ3v) is 7.00. The van der Waals surface area contributed by atoms with Crippen molar-refractivity contribution in [3.63, 3.8) is 0 Å². The van der Waals surface area contributed by atoms with Gasteiger partial charge in [-0.1, -0.05) is 36.4 Å². The van der Waals surface area contributed by atoms with Crippen LogP contribution in [-0.2, 0) is 24.4 Å². The molecule has 3 heterocycles. The first-order valence-corrected chi connectivity index (χ1v) is 11.6. The van der Waals surface area contributed by atoms with Crippen molar-refractivity contribution in [2.24, 2.45) is 11.7 Å². The molecule has 8 heteroatoms. The monoisotopic (exact) mass is 441 g/mol. The summed E-state index contributed by atoms with van der Waals surface area (Å²) < 4.78 is 4.12. The van der Waals surface area contributed by atoms with E-state index in [4.69, 9.17) is 23.1 Å². The molecule has 1 saturated heterocycles. The summed E-state index contributed by atoms with van der Waals surface area (Å²) in [5, 5.41) is 6.72. The van der Waals surface area contributed by atoms with Gasteiger partial charge in [0.2, 0.25) is 5.91 Å². The lowest BCUT2D eigenvalue weighted by molar-refractivity contribution is -0.118. The topological polar surface area (TPSA) is 69.1 Å². The Morgan fingerprint density at radius 3 is 2.60 bits per heavy atom. The van der Waals surface area contributed by atoms with Gasteiger partial charge in [-0.3, -0.25) is 14.3 Å². The average molecular weight is 442 g/mol. The first-order chi connectivity index (χ1) is 14.6. The van der Waals surface area contributed by atoms with Crippen LogP contribution in [0.2, 0.25) is 0 Å². The highest BCUT2D eigenvalue weighted by Crippen LogP contribution is 2.25. The second-order valence-corrected chi connectivity index (χ2v) is 9.18. The zero-order valence-corrected chi connectivity index (χ0v) is 18.6. The molecule has 6 nitrogen and oxygen atoms in total. The van der Waals surface area contributed by atoms with E-state index in [0.717, 1.165) is 30.3 Å². The fraction of sp³-hybridized carbons (Fsp3) is 0.409. The number of rotatable bonds is 8. The maximum Gasteiger partial charge on any atom is 0.237 e. The van der Waals surface area contributed by atoms with E-state index < -0.39 is 5.91 Å². The van der Waals surface area contributed by atoms with E-state index in [0.29, 0.717) is 17.3 Å². The van der Waals surface area contributed by atoms with Gasteiger partial charge in [-0.15, -0.1) is 16.4 Å². The van der Waals surface area contributed by atoms with Crippen molar-refractivity contribution in [1.82, 2.24) is 19.2 Å². The first-order valence-electron chi connectivity index (χ1n) is 10.4. The zero-order chi connectivity index (χ0) is 20.9. The minimum absolute atomic E-state index is 0.0492. The predicted molar refractivity (Wildman–Crippen MR) is 123 cm³/mol. The van der Waals surface area contributed by atoms with Gasteiger partial charge in [0.05, 0.1) is 11.5 Å². The number of benzene rings is 1. The van der Waals surface area contributed by atoms with Crippen LogP contribution in [0.1, 0.15) is 24.8 Å². The molecule has 0 saturated carbocycles. The summed E-state index contributed by atoms with van der Waals surface area (Å²) in [5.74, 6) is 1.07. The minimum Gasteiger partial charge on any atom is -0.368 e. The fourth-order valence-corrected chi connectivity index (χ4v) is 5.01. The molecule has 0 atom stereocenters. The van der Waals surface area contributed by atoms with Crippen LogP contribution in [0.3, 0.4) is 0 Å². The van der Waals surface area contributed by atoms with Crippen LogP contribution in [0.4, 0.5) is 0 Å². The number of aromatic nitrogens is 3. The van der Waals surface area contributed by atoms with Gasteiger partial charge in [-0.2, -0.15) is 0 Å². The van der Waals surface area contributed by atoms with Gasteiger partial charge in [0.25, 0.3) is 0 Å². The van der Waals surface area contributed by atoms with Gasteiger partial charge < -0.3 is 5.73 Å². The van der Waals surface area contributed by atoms with Crippen molar-refractivity contribution in [3.05, 3.63) is 58.2 Å². The Kier molecular flexibility index (Phi) is 6.76. The summed E-state index contributed by atoms with van der Waals surface area (Å²) in [4.78, 5) is 14.9. The number of nitrogens with zero attached hydrogens (tertiary/aromatic N) is 4. The van der Waals surface area contributed by atoms with Gasteiger partial charge >= 0.3 is 0 Å². The maximum absolute atomic E-state index is 11.6. The van der Waals surface area contributed by atoms with Crippen LogP contribution in [0, 0.1) is 10.7 Å². The van der Waals surface area contributed by atoms with Gasteiger partial charge in [0, 0.05) is 13.1 Å². The van der Waals surface area contributed by atoms with Crippen LogP contribution in [-0.4, -0.2) is 38.2 Å². The molecule has 0 spiro atoms. The van der Waals surface area contributed by atoms with E-state index >= 15 is 0 Å². The molecule has 2 aromatic heterocycles. The maximum atomic E-state index is 11.6. The number of hydrogen-bond donors (Lipinski definition) is 1. The lowest BCUT2D eigenvalue weighted by Gasteiger charge is -2.31. The number of amides is 1. The molecule has 4 rings (SSSR count). The van der Waals surface area contributed by atoms with Crippen molar-refractivity contribution in [3.8, 4) is 10.7 Å². The van der Waals surface area contributed by atoms with E-state index in [1.165, 1.54) is 24.8 Å². The fourth-order valence-electron chi connectivity index (χ4n) is 4.04. The van der Waals surface area contributed by atoms with Crippen LogP contribution in [0.5, 0.6) is 0 Å². The summed E-state index contributed by atoms with van der Waals surface area (Å²) in [6.45, 7) is 2.78. The lowest BCUT2D eigenvalue weighted by Crippen LogP contribution is -2.35. The molecule has 1 amide bonds. The number of carbonyl (C=O) groups is 1. The molecule has 3 aromatic rings. The number of primary amides is 1. The summed E-state index contributed by atoms with van der Waals surface area (Å²) in [5.41, 5.74) is 6.87. The standard InChI is InChI=1S/C22H27N5OS2/c23-20(28)15-26-21(19-7-4-14-30-19)24-27(22(26)29)16-25-12-10-18(11-13-25)9-8-17-5-2-1-3-6-17/h1-7,14,18H,8-13,15-16H2,(H2,23,28). The van der Waals surface area contributed by atoms with E-state index in [-0.39, 0.29) is 6.54 Å². The van der Waals surface area contributed by atoms with Crippen LogP contribution in [0.25, 0.3) is 10.7 Å². The predicted octanol–water partition coefficient (Wildman–Crippen LogP) is 3.93. The zero-order valence-electron chi connectivity index (χ0n) is 16.9. The number of nitrogens with two attached hydrogens (primary N) is 1. The molecule has 0 aliphatic carbocycles. The number of thiophene rings is 1. The highest BCUT2D eigenvalue weighted by atomic mass is 32.1. The molecule has 1 aliphatic heterocycles. The smallest absolute Gasteiger partial charge is 0.237 e. The van der Waals surface area contributed by atoms with Gasteiger partial charge in [-0.25, -0.2) is 4.68 Å². The summed E-state index contributed by atoms with van der Waals surface area (Å²) >= 11 is 7.21. The Labute approximate surface area is 185 Å². The number of aryl methyl sites for hydroxylation is 1. The normalized spacial score (nSPS) is 15.5. The van der Waals surface area contributed by atoms with Gasteiger partial charge in [-0.05, 0) is 60.8 Å². The lowest BCUT2D eigenvalue weighted by atomic mass is 9.91. The van der Waals surface area contributed by atoms with E-state index in [1.807, 2.05) is 22.2 Å². The molecule has 0 bridgehead atoms. The molecule has 1 aliphatic rings. The second-order valence-electron chi connectivity index (χ2n) is 7.86. The van der Waals surface area contributed by atoms with Crippen molar-refractivity contribution < 1.29 is 4.79 Å². The molecular weight excluding hydrogens is 414 g/mol. The highest BCUT2D eigenvalue weighted by molar-refractivity contribution is 7.71. The number of piperidine rings is 1. The molecule has 0 radical (unpaired) electrons. The van der Waals surface area contributed by atoms with Crippen LogP contribution >= 0.6 is 23.6 Å². The Morgan fingerprint density at radius 2 is 1.93 bits per heavy atom.